The number of halogens is 1. The van der Waals surface area contributed by atoms with Crippen LogP contribution < -0.4 is 5.73 Å². The zero-order valence-electron chi connectivity index (χ0n) is 10.4. The van der Waals surface area contributed by atoms with Crippen LogP contribution in [0.1, 0.15) is 31.2 Å². The molecular formula is C14H19ClN2O. The molecule has 0 spiro atoms. The smallest absolute Gasteiger partial charge is 0.223 e. The third-order valence-corrected chi connectivity index (χ3v) is 3.42. The highest BCUT2D eigenvalue weighted by Gasteiger charge is 2.31. The maximum Gasteiger partial charge on any atom is 0.223 e. The molecule has 3 nitrogen and oxygen atoms in total. The number of carbonyl (C=O) groups excluding carboxylic acids is 1. The lowest BCUT2D eigenvalue weighted by Gasteiger charge is -2.22. The fourth-order valence-corrected chi connectivity index (χ4v) is 2.12. The van der Waals surface area contributed by atoms with E-state index in [0.29, 0.717) is 25.6 Å². The fraction of sp³-hybridized carbons (Fsp3) is 0.500. The minimum absolute atomic E-state index is 0.220. The maximum absolute atomic E-state index is 12.1. The monoisotopic (exact) mass is 266 g/mol. The molecule has 1 aliphatic carbocycles. The Bertz CT molecular complexity index is 401. The summed E-state index contributed by atoms with van der Waals surface area (Å²) in [5.74, 6) is 0.220. The molecule has 2 N–H and O–H groups in total. The molecular weight excluding hydrogens is 248 g/mol. The molecule has 98 valence electrons. The lowest BCUT2D eigenvalue weighted by Crippen LogP contribution is -2.32. The second-order valence-corrected chi connectivity index (χ2v) is 5.21. The fourth-order valence-electron chi connectivity index (χ4n) is 1.99. The number of hydrogen-bond acceptors (Lipinski definition) is 2. The number of nitrogens with zero attached hydrogens (tertiary/aromatic N) is 1. The Morgan fingerprint density at radius 3 is 2.56 bits per heavy atom. The second kappa shape index (κ2) is 6.21. The van der Waals surface area contributed by atoms with E-state index < -0.39 is 0 Å². The van der Waals surface area contributed by atoms with Crippen LogP contribution in [0.2, 0.25) is 5.02 Å². The first-order valence-electron chi connectivity index (χ1n) is 6.44. The molecule has 0 aromatic heterocycles. The molecule has 2 rings (SSSR count). The minimum Gasteiger partial charge on any atom is -0.335 e. The van der Waals surface area contributed by atoms with Gasteiger partial charge >= 0.3 is 0 Å². The molecule has 1 amide bonds. The van der Waals surface area contributed by atoms with E-state index >= 15 is 0 Å². The van der Waals surface area contributed by atoms with Crippen molar-refractivity contribution in [2.24, 2.45) is 5.73 Å². The molecule has 1 aromatic carbocycles. The number of carbonyl (C=O) groups is 1. The summed E-state index contributed by atoms with van der Waals surface area (Å²) >= 11 is 5.86. The summed E-state index contributed by atoms with van der Waals surface area (Å²) in [7, 11) is 0. The van der Waals surface area contributed by atoms with Crippen LogP contribution in [0.4, 0.5) is 0 Å². The Kier molecular flexibility index (Phi) is 4.61. The van der Waals surface area contributed by atoms with Crippen LogP contribution in [0.5, 0.6) is 0 Å². The van der Waals surface area contributed by atoms with Crippen molar-refractivity contribution in [1.82, 2.24) is 4.90 Å². The standard InChI is InChI=1S/C14H19ClN2O/c15-12-5-3-11(4-6-12)10-17(13-7-8-13)14(18)2-1-9-16/h3-6,13H,1-2,7-10,16H2. The van der Waals surface area contributed by atoms with Gasteiger partial charge in [-0.25, -0.2) is 0 Å². The quantitative estimate of drug-likeness (QED) is 0.860. The van der Waals surface area contributed by atoms with Crippen molar-refractivity contribution in [1.29, 1.82) is 0 Å². The number of benzene rings is 1. The predicted molar refractivity (Wildman–Crippen MR) is 73.3 cm³/mol. The van der Waals surface area contributed by atoms with Gasteiger partial charge in [0.05, 0.1) is 0 Å². The predicted octanol–water partition coefficient (Wildman–Crippen LogP) is 2.57. The van der Waals surface area contributed by atoms with Gasteiger partial charge in [-0.1, -0.05) is 23.7 Å². The molecule has 0 saturated heterocycles. The zero-order chi connectivity index (χ0) is 13.0. The first-order valence-corrected chi connectivity index (χ1v) is 6.82. The molecule has 0 unspecified atom stereocenters. The van der Waals surface area contributed by atoms with E-state index in [9.17, 15) is 4.79 Å². The van der Waals surface area contributed by atoms with Crippen LogP contribution in [-0.4, -0.2) is 23.4 Å². The van der Waals surface area contributed by atoms with E-state index in [1.165, 1.54) is 0 Å². The van der Waals surface area contributed by atoms with Gasteiger partial charge in [0, 0.05) is 24.0 Å². The molecule has 1 aliphatic rings. The van der Waals surface area contributed by atoms with Crippen molar-refractivity contribution in [3.8, 4) is 0 Å². The highest BCUT2D eigenvalue weighted by Crippen LogP contribution is 2.29. The summed E-state index contributed by atoms with van der Waals surface area (Å²) in [6.07, 6.45) is 3.58. The first kappa shape index (κ1) is 13.4. The van der Waals surface area contributed by atoms with Gasteiger partial charge < -0.3 is 10.6 Å². The summed E-state index contributed by atoms with van der Waals surface area (Å²) in [5.41, 5.74) is 6.58. The molecule has 1 saturated carbocycles. The van der Waals surface area contributed by atoms with Gasteiger partial charge in [0.2, 0.25) is 5.91 Å². The van der Waals surface area contributed by atoms with Gasteiger partial charge in [-0.05, 0) is 43.5 Å². The van der Waals surface area contributed by atoms with Crippen molar-refractivity contribution in [3.05, 3.63) is 34.9 Å². The molecule has 0 radical (unpaired) electrons. The summed E-state index contributed by atoms with van der Waals surface area (Å²) in [5, 5.41) is 0.728. The SMILES string of the molecule is NCCCC(=O)N(Cc1ccc(Cl)cc1)C1CC1. The number of nitrogens with two attached hydrogens (primary N) is 1. The van der Waals surface area contributed by atoms with Gasteiger partial charge in [0.1, 0.15) is 0 Å². The Morgan fingerprint density at radius 2 is 2.00 bits per heavy atom. The normalized spacial score (nSPS) is 14.6. The third-order valence-electron chi connectivity index (χ3n) is 3.17. The molecule has 18 heavy (non-hydrogen) atoms. The topological polar surface area (TPSA) is 46.3 Å². The van der Waals surface area contributed by atoms with E-state index in [0.717, 1.165) is 29.8 Å². The van der Waals surface area contributed by atoms with Crippen LogP contribution in [0, 0.1) is 0 Å². The van der Waals surface area contributed by atoms with Crippen LogP contribution in [0.3, 0.4) is 0 Å². The molecule has 1 fully saturated rings. The summed E-state index contributed by atoms with van der Waals surface area (Å²) in [6, 6.07) is 8.13. The van der Waals surface area contributed by atoms with Crippen LogP contribution >= 0.6 is 11.6 Å². The van der Waals surface area contributed by atoms with E-state index in [1.807, 2.05) is 29.2 Å². The van der Waals surface area contributed by atoms with Crippen LogP contribution in [-0.2, 0) is 11.3 Å². The first-order chi connectivity index (χ1) is 8.70. The molecule has 4 heteroatoms. The Hall–Kier alpha value is -1.06. The Labute approximate surface area is 113 Å². The van der Waals surface area contributed by atoms with E-state index in [1.54, 1.807) is 0 Å². The van der Waals surface area contributed by atoms with Crippen LogP contribution in [0.25, 0.3) is 0 Å². The Balaban J connectivity index is 1.97. The lowest BCUT2D eigenvalue weighted by atomic mass is 10.2. The largest absolute Gasteiger partial charge is 0.335 e. The van der Waals surface area contributed by atoms with Gasteiger partial charge in [-0.2, -0.15) is 0 Å². The second-order valence-electron chi connectivity index (χ2n) is 4.77. The van der Waals surface area contributed by atoms with Crippen molar-refractivity contribution < 1.29 is 4.79 Å². The molecule has 0 aliphatic heterocycles. The number of hydrogen-bond donors (Lipinski definition) is 1. The minimum atomic E-state index is 0.220. The summed E-state index contributed by atoms with van der Waals surface area (Å²) in [4.78, 5) is 14.1. The summed E-state index contributed by atoms with van der Waals surface area (Å²) < 4.78 is 0. The third kappa shape index (κ3) is 3.72. The number of amides is 1. The maximum atomic E-state index is 12.1. The van der Waals surface area contributed by atoms with Gasteiger partial charge in [-0.15, -0.1) is 0 Å². The van der Waals surface area contributed by atoms with Gasteiger partial charge in [0.15, 0.2) is 0 Å². The average Bonchev–Trinajstić information content (AvgIpc) is 3.19. The summed E-state index contributed by atoms with van der Waals surface area (Å²) in [6.45, 7) is 1.26. The molecule has 1 aromatic rings. The van der Waals surface area contributed by atoms with E-state index in [4.69, 9.17) is 17.3 Å². The molecule has 0 bridgehead atoms. The van der Waals surface area contributed by atoms with Crippen molar-refractivity contribution in [3.63, 3.8) is 0 Å². The van der Waals surface area contributed by atoms with E-state index in [-0.39, 0.29) is 5.91 Å². The lowest BCUT2D eigenvalue weighted by molar-refractivity contribution is -0.132. The van der Waals surface area contributed by atoms with Crippen LogP contribution in [0.15, 0.2) is 24.3 Å². The van der Waals surface area contributed by atoms with Gasteiger partial charge in [0.25, 0.3) is 0 Å². The number of rotatable bonds is 6. The van der Waals surface area contributed by atoms with Crippen molar-refractivity contribution in [2.75, 3.05) is 6.54 Å². The van der Waals surface area contributed by atoms with Crippen molar-refractivity contribution in [2.45, 2.75) is 38.3 Å². The zero-order valence-corrected chi connectivity index (χ0v) is 11.2. The average molecular weight is 267 g/mol. The highest BCUT2D eigenvalue weighted by atomic mass is 35.5. The van der Waals surface area contributed by atoms with E-state index in [2.05, 4.69) is 0 Å². The van der Waals surface area contributed by atoms with Gasteiger partial charge in [-0.3, -0.25) is 4.79 Å². The Morgan fingerprint density at radius 1 is 1.33 bits per heavy atom. The molecule has 0 heterocycles. The highest BCUT2D eigenvalue weighted by molar-refractivity contribution is 6.30. The molecule has 0 atom stereocenters. The van der Waals surface area contributed by atoms with Crippen molar-refractivity contribution >= 4 is 17.5 Å².